The number of fused-ring (bicyclic) bond motifs is 1. The van der Waals surface area contributed by atoms with E-state index in [4.69, 9.17) is 9.47 Å². The van der Waals surface area contributed by atoms with Crippen molar-refractivity contribution in [1.29, 1.82) is 0 Å². The summed E-state index contributed by atoms with van der Waals surface area (Å²) in [5.41, 5.74) is 1.05. The largest absolute Gasteiger partial charge is 0.467 e. The lowest BCUT2D eigenvalue weighted by Gasteiger charge is -2.22. The third-order valence-corrected chi connectivity index (χ3v) is 3.63. The average molecular weight is 362 g/mol. The van der Waals surface area contributed by atoms with Crippen molar-refractivity contribution < 1.29 is 23.5 Å². The fraction of sp³-hybridized carbons (Fsp3) is 0.421. The number of methoxy groups -OCH3 is 1. The number of pyridine rings is 1. The molecular weight excluding hydrogens is 339 g/mol. The Balaban J connectivity index is 2.22. The van der Waals surface area contributed by atoms with E-state index < -0.39 is 23.7 Å². The minimum absolute atomic E-state index is 0.172. The van der Waals surface area contributed by atoms with Crippen molar-refractivity contribution in [2.24, 2.45) is 0 Å². The van der Waals surface area contributed by atoms with E-state index in [-0.39, 0.29) is 12.2 Å². The van der Waals surface area contributed by atoms with Gasteiger partial charge in [-0.15, -0.1) is 0 Å². The molecule has 0 aliphatic heterocycles. The third kappa shape index (κ3) is 5.15. The Morgan fingerprint density at radius 2 is 1.96 bits per heavy atom. The summed E-state index contributed by atoms with van der Waals surface area (Å²) in [7, 11) is 1.25. The molecule has 1 atom stereocenters. The fourth-order valence-corrected chi connectivity index (χ4v) is 2.44. The lowest BCUT2D eigenvalue weighted by Crippen LogP contribution is -2.45. The molecule has 0 aliphatic carbocycles. The number of aryl methyl sites for hydroxylation is 1. The summed E-state index contributed by atoms with van der Waals surface area (Å²) < 4.78 is 23.6. The quantitative estimate of drug-likeness (QED) is 0.845. The Morgan fingerprint density at radius 1 is 1.27 bits per heavy atom. The number of aromatic nitrogens is 1. The molecule has 1 heterocycles. The first kappa shape index (κ1) is 19.6. The van der Waals surface area contributed by atoms with Crippen molar-refractivity contribution in [3.63, 3.8) is 0 Å². The SMILES string of the molecule is COC(=O)[C@H](Cc1cnc2cc(F)c(C)cc2c1)NC(=O)OC(C)(C)C. The monoisotopic (exact) mass is 362 g/mol. The van der Waals surface area contributed by atoms with Gasteiger partial charge in [-0.25, -0.2) is 14.0 Å². The molecule has 1 amide bonds. The van der Waals surface area contributed by atoms with Gasteiger partial charge in [0, 0.05) is 24.1 Å². The molecule has 0 bridgehead atoms. The van der Waals surface area contributed by atoms with Crippen LogP contribution in [0.25, 0.3) is 10.9 Å². The van der Waals surface area contributed by atoms with E-state index in [1.807, 2.05) is 6.07 Å². The van der Waals surface area contributed by atoms with Crippen molar-refractivity contribution >= 4 is 23.0 Å². The van der Waals surface area contributed by atoms with Crippen LogP contribution in [0.3, 0.4) is 0 Å². The predicted octanol–water partition coefficient (Wildman–Crippen LogP) is 3.29. The van der Waals surface area contributed by atoms with Gasteiger partial charge >= 0.3 is 12.1 Å². The second-order valence-corrected chi connectivity index (χ2v) is 7.06. The number of carbonyl (C=O) groups is 2. The van der Waals surface area contributed by atoms with Crippen molar-refractivity contribution in [2.75, 3.05) is 7.11 Å². The number of carbonyl (C=O) groups excluding carboxylic acids is 2. The van der Waals surface area contributed by atoms with Crippen LogP contribution in [-0.4, -0.2) is 35.8 Å². The second-order valence-electron chi connectivity index (χ2n) is 7.06. The highest BCUT2D eigenvalue weighted by atomic mass is 19.1. The third-order valence-electron chi connectivity index (χ3n) is 3.63. The first-order valence-corrected chi connectivity index (χ1v) is 8.21. The van der Waals surface area contributed by atoms with Gasteiger partial charge in [-0.05, 0) is 51.0 Å². The maximum absolute atomic E-state index is 13.6. The molecule has 1 aromatic heterocycles. The number of hydrogen-bond donors (Lipinski definition) is 1. The molecule has 140 valence electrons. The molecule has 0 saturated heterocycles. The Bertz CT molecular complexity index is 830. The number of benzene rings is 1. The lowest BCUT2D eigenvalue weighted by molar-refractivity contribution is -0.143. The van der Waals surface area contributed by atoms with Crippen LogP contribution in [-0.2, 0) is 20.7 Å². The molecule has 0 fully saturated rings. The van der Waals surface area contributed by atoms with E-state index in [1.54, 1.807) is 40.0 Å². The normalized spacial score (nSPS) is 12.5. The molecule has 2 aromatic rings. The number of esters is 1. The molecule has 1 N–H and O–H groups in total. The van der Waals surface area contributed by atoms with Gasteiger partial charge in [0.05, 0.1) is 12.6 Å². The average Bonchev–Trinajstić information content (AvgIpc) is 2.53. The molecule has 26 heavy (non-hydrogen) atoms. The minimum Gasteiger partial charge on any atom is -0.467 e. The Morgan fingerprint density at radius 3 is 2.58 bits per heavy atom. The highest BCUT2D eigenvalue weighted by molar-refractivity contribution is 5.83. The molecule has 0 aliphatic rings. The van der Waals surface area contributed by atoms with Crippen LogP contribution >= 0.6 is 0 Å². The smallest absolute Gasteiger partial charge is 0.408 e. The summed E-state index contributed by atoms with van der Waals surface area (Å²) in [6, 6.07) is 3.94. The Hall–Kier alpha value is -2.70. The van der Waals surface area contributed by atoms with E-state index in [2.05, 4.69) is 10.3 Å². The zero-order valence-corrected chi connectivity index (χ0v) is 15.6. The number of rotatable bonds is 4. The maximum atomic E-state index is 13.6. The summed E-state index contributed by atoms with van der Waals surface area (Å²) in [5.74, 6) is -0.914. The number of amides is 1. The lowest BCUT2D eigenvalue weighted by atomic mass is 10.0. The topological polar surface area (TPSA) is 77.5 Å². The first-order valence-electron chi connectivity index (χ1n) is 8.21. The standard InChI is InChI=1S/C19H23FN2O4/c1-11-6-13-7-12(10-21-15(13)9-14(11)20)8-16(17(23)25-5)22-18(24)26-19(2,3)4/h6-7,9-10,16H,8H2,1-5H3,(H,22,24)/t16-/m0/s1. The van der Waals surface area contributed by atoms with E-state index in [0.717, 1.165) is 5.39 Å². The van der Waals surface area contributed by atoms with Crippen molar-refractivity contribution in [3.8, 4) is 0 Å². The predicted molar refractivity (Wildman–Crippen MR) is 95.3 cm³/mol. The summed E-state index contributed by atoms with van der Waals surface area (Å²) >= 11 is 0. The Kier molecular flexibility index (Phi) is 5.79. The van der Waals surface area contributed by atoms with Gasteiger partial charge in [0.2, 0.25) is 0 Å². The van der Waals surface area contributed by atoms with Gasteiger partial charge < -0.3 is 14.8 Å². The van der Waals surface area contributed by atoms with E-state index in [9.17, 15) is 14.0 Å². The summed E-state index contributed by atoms with van der Waals surface area (Å²) in [4.78, 5) is 28.2. The number of hydrogen-bond acceptors (Lipinski definition) is 5. The van der Waals surface area contributed by atoms with Crippen LogP contribution in [0.2, 0.25) is 0 Å². The van der Waals surface area contributed by atoms with E-state index >= 15 is 0 Å². The molecule has 0 radical (unpaired) electrons. The molecular formula is C19H23FN2O4. The van der Waals surface area contributed by atoms with Crippen molar-refractivity contribution in [1.82, 2.24) is 10.3 Å². The van der Waals surface area contributed by atoms with Gasteiger partial charge in [-0.3, -0.25) is 4.98 Å². The van der Waals surface area contributed by atoms with Gasteiger partial charge in [0.25, 0.3) is 0 Å². The highest BCUT2D eigenvalue weighted by Crippen LogP contribution is 2.19. The van der Waals surface area contributed by atoms with Crippen LogP contribution in [0.15, 0.2) is 24.4 Å². The zero-order chi connectivity index (χ0) is 19.5. The van der Waals surface area contributed by atoms with Gasteiger partial charge in [-0.2, -0.15) is 0 Å². The number of nitrogens with one attached hydrogen (secondary N) is 1. The first-order chi connectivity index (χ1) is 12.1. The highest BCUT2D eigenvalue weighted by Gasteiger charge is 2.25. The van der Waals surface area contributed by atoms with Crippen LogP contribution in [0.1, 0.15) is 31.9 Å². The zero-order valence-electron chi connectivity index (χ0n) is 15.6. The molecule has 0 saturated carbocycles. The molecule has 1 aromatic carbocycles. The van der Waals surface area contributed by atoms with Crippen LogP contribution in [0.4, 0.5) is 9.18 Å². The number of nitrogens with zero attached hydrogens (tertiary/aromatic N) is 1. The van der Waals surface area contributed by atoms with Crippen LogP contribution in [0, 0.1) is 12.7 Å². The summed E-state index contributed by atoms with van der Waals surface area (Å²) in [6.45, 7) is 6.86. The molecule has 6 nitrogen and oxygen atoms in total. The van der Waals surface area contributed by atoms with Gasteiger partial charge in [-0.1, -0.05) is 0 Å². The van der Waals surface area contributed by atoms with Crippen LogP contribution < -0.4 is 5.32 Å². The van der Waals surface area contributed by atoms with Gasteiger partial charge in [0.15, 0.2) is 0 Å². The second kappa shape index (κ2) is 7.68. The maximum Gasteiger partial charge on any atom is 0.408 e. The van der Waals surface area contributed by atoms with Crippen LogP contribution in [0.5, 0.6) is 0 Å². The van der Waals surface area contributed by atoms with Crippen molar-refractivity contribution in [3.05, 3.63) is 41.3 Å². The van der Waals surface area contributed by atoms with E-state index in [1.165, 1.54) is 13.2 Å². The Labute approximate surface area is 151 Å². The number of halogens is 1. The van der Waals surface area contributed by atoms with Gasteiger partial charge in [0.1, 0.15) is 17.5 Å². The molecule has 2 rings (SSSR count). The summed E-state index contributed by atoms with van der Waals surface area (Å²) in [6.07, 6.45) is 1.01. The molecule has 7 heteroatoms. The fourth-order valence-electron chi connectivity index (χ4n) is 2.44. The minimum atomic E-state index is -0.921. The van der Waals surface area contributed by atoms with Crippen molar-refractivity contribution in [2.45, 2.75) is 45.8 Å². The number of alkyl carbamates (subject to hydrolysis) is 1. The summed E-state index contributed by atoms with van der Waals surface area (Å²) in [5, 5.41) is 3.27. The van der Waals surface area contributed by atoms with E-state index in [0.29, 0.717) is 16.6 Å². The molecule has 0 spiro atoms. The number of ether oxygens (including phenoxy) is 2. The molecule has 0 unspecified atom stereocenters.